The highest BCUT2D eigenvalue weighted by molar-refractivity contribution is 6.53. The van der Waals surface area contributed by atoms with Crippen LogP contribution >= 0.6 is 0 Å². The monoisotopic (exact) mass is 542 g/mol. The SMILES string of the molecule is Nc1ccccc1NC(=O)CCCCCCCNC(=O)c1ccc(/C=N/N=C2\C(=O)Nc3ccc(F)cc32)cc1. The van der Waals surface area contributed by atoms with Crippen molar-refractivity contribution < 1.29 is 18.8 Å². The Kier molecular flexibility index (Phi) is 9.71. The van der Waals surface area contributed by atoms with Gasteiger partial charge in [0.05, 0.1) is 23.3 Å². The van der Waals surface area contributed by atoms with Crippen LogP contribution in [0.25, 0.3) is 0 Å². The molecule has 0 unspecified atom stereocenters. The van der Waals surface area contributed by atoms with Crippen molar-refractivity contribution in [1.29, 1.82) is 0 Å². The van der Waals surface area contributed by atoms with Crippen molar-refractivity contribution in [2.45, 2.75) is 38.5 Å². The van der Waals surface area contributed by atoms with Crippen molar-refractivity contribution in [1.82, 2.24) is 5.32 Å². The van der Waals surface area contributed by atoms with Gasteiger partial charge in [-0.05, 0) is 60.9 Å². The lowest BCUT2D eigenvalue weighted by Gasteiger charge is -2.08. The predicted molar refractivity (Wildman–Crippen MR) is 155 cm³/mol. The Morgan fingerprint density at radius 1 is 0.950 bits per heavy atom. The average Bonchev–Trinajstić information content (AvgIpc) is 3.25. The van der Waals surface area contributed by atoms with E-state index in [4.69, 9.17) is 5.73 Å². The summed E-state index contributed by atoms with van der Waals surface area (Å²) in [4.78, 5) is 36.5. The average molecular weight is 543 g/mol. The number of carbonyl (C=O) groups is 3. The van der Waals surface area contributed by atoms with Crippen LogP contribution in [0, 0.1) is 5.82 Å². The van der Waals surface area contributed by atoms with Gasteiger partial charge in [0.15, 0.2) is 5.71 Å². The summed E-state index contributed by atoms with van der Waals surface area (Å²) in [5, 5.41) is 16.3. The van der Waals surface area contributed by atoms with Gasteiger partial charge < -0.3 is 21.7 Å². The van der Waals surface area contributed by atoms with Crippen LogP contribution < -0.4 is 21.7 Å². The highest BCUT2D eigenvalue weighted by atomic mass is 19.1. The van der Waals surface area contributed by atoms with Crippen molar-refractivity contribution in [2.75, 3.05) is 22.9 Å². The lowest BCUT2D eigenvalue weighted by molar-refractivity contribution is -0.116. The topological polar surface area (TPSA) is 138 Å². The summed E-state index contributed by atoms with van der Waals surface area (Å²) in [5.74, 6) is -1.11. The second-order valence-electron chi connectivity index (χ2n) is 9.37. The van der Waals surface area contributed by atoms with Crippen LogP contribution in [0.4, 0.5) is 21.5 Å². The van der Waals surface area contributed by atoms with Crippen LogP contribution in [0.15, 0.2) is 76.9 Å². The van der Waals surface area contributed by atoms with Gasteiger partial charge in [0.2, 0.25) is 5.91 Å². The highest BCUT2D eigenvalue weighted by Crippen LogP contribution is 2.24. The molecule has 0 bridgehead atoms. The summed E-state index contributed by atoms with van der Waals surface area (Å²) in [6.45, 7) is 0.567. The number of unbranched alkanes of at least 4 members (excludes halogenated alkanes) is 4. The van der Waals surface area contributed by atoms with E-state index in [9.17, 15) is 18.8 Å². The molecule has 1 aliphatic heterocycles. The number of nitrogen functional groups attached to an aromatic ring is 1. The van der Waals surface area contributed by atoms with Gasteiger partial charge in [-0.1, -0.05) is 43.5 Å². The Bertz CT molecular complexity index is 1440. The van der Waals surface area contributed by atoms with Crippen LogP contribution in [0.3, 0.4) is 0 Å². The molecule has 0 saturated carbocycles. The van der Waals surface area contributed by atoms with Crippen LogP contribution in [0.5, 0.6) is 0 Å². The van der Waals surface area contributed by atoms with E-state index < -0.39 is 11.7 Å². The fourth-order valence-electron chi connectivity index (χ4n) is 4.17. The first-order valence-corrected chi connectivity index (χ1v) is 13.2. The first-order valence-electron chi connectivity index (χ1n) is 13.2. The minimum atomic E-state index is -0.465. The van der Waals surface area contributed by atoms with E-state index in [-0.39, 0.29) is 17.5 Å². The molecule has 0 atom stereocenters. The molecule has 3 aromatic rings. The zero-order valence-electron chi connectivity index (χ0n) is 22.0. The number of hydrogen-bond acceptors (Lipinski definition) is 6. The maximum atomic E-state index is 13.5. The van der Waals surface area contributed by atoms with Gasteiger partial charge in [0, 0.05) is 24.1 Å². The fourth-order valence-corrected chi connectivity index (χ4v) is 4.17. The Morgan fingerprint density at radius 3 is 2.50 bits per heavy atom. The molecule has 9 nitrogen and oxygen atoms in total. The highest BCUT2D eigenvalue weighted by Gasteiger charge is 2.26. The Balaban J connectivity index is 1.12. The number of rotatable bonds is 12. The van der Waals surface area contributed by atoms with E-state index in [0.717, 1.165) is 32.1 Å². The predicted octanol–water partition coefficient (Wildman–Crippen LogP) is 4.89. The first-order chi connectivity index (χ1) is 19.4. The second-order valence-corrected chi connectivity index (χ2v) is 9.37. The molecule has 0 saturated heterocycles. The summed E-state index contributed by atoms with van der Waals surface area (Å²) in [7, 11) is 0. The standard InChI is InChI=1S/C30H31FN6O3/c31-22-15-16-25-23(18-22)28(30(40)36-25)37-34-19-20-11-13-21(14-12-20)29(39)33-17-7-3-1-2-4-10-27(38)35-26-9-6-5-8-24(26)32/h5-6,8-9,11-16,18-19H,1-4,7,10,17,32H2,(H,33,39)(H,35,38)(H,36,37,40)/b34-19+. The molecule has 5 N–H and O–H groups in total. The number of nitrogens with two attached hydrogens (primary N) is 1. The zero-order chi connectivity index (χ0) is 28.3. The summed E-state index contributed by atoms with van der Waals surface area (Å²) < 4.78 is 13.5. The van der Waals surface area contributed by atoms with Crippen LogP contribution in [-0.4, -0.2) is 36.2 Å². The molecule has 3 aromatic carbocycles. The largest absolute Gasteiger partial charge is 0.397 e. The van der Waals surface area contributed by atoms with Crippen molar-refractivity contribution in [3.05, 3.63) is 89.2 Å². The van der Waals surface area contributed by atoms with Gasteiger partial charge in [-0.25, -0.2) is 4.39 Å². The molecule has 40 heavy (non-hydrogen) atoms. The first kappa shape index (κ1) is 28.2. The van der Waals surface area contributed by atoms with Crippen LogP contribution in [0.2, 0.25) is 0 Å². The maximum Gasteiger partial charge on any atom is 0.276 e. The van der Waals surface area contributed by atoms with E-state index >= 15 is 0 Å². The third-order valence-corrected chi connectivity index (χ3v) is 6.34. The Hall–Kier alpha value is -4.86. The van der Waals surface area contributed by atoms with Crippen molar-refractivity contribution >= 4 is 46.7 Å². The number of nitrogens with zero attached hydrogens (tertiary/aromatic N) is 2. The number of halogens is 1. The van der Waals surface area contributed by atoms with Gasteiger partial charge in [0.25, 0.3) is 11.8 Å². The Morgan fingerprint density at radius 2 is 1.70 bits per heavy atom. The molecule has 0 aromatic heterocycles. The molecule has 0 radical (unpaired) electrons. The Labute approximate surface area is 231 Å². The summed E-state index contributed by atoms with van der Waals surface area (Å²) in [6.07, 6.45) is 6.44. The van der Waals surface area contributed by atoms with E-state index in [0.29, 0.717) is 46.7 Å². The van der Waals surface area contributed by atoms with Crippen molar-refractivity contribution in [2.24, 2.45) is 10.2 Å². The van der Waals surface area contributed by atoms with E-state index in [2.05, 4.69) is 26.2 Å². The summed E-state index contributed by atoms with van der Waals surface area (Å²) in [6, 6.07) is 18.0. The number of hydrogen-bond donors (Lipinski definition) is 4. The molecule has 206 valence electrons. The molecule has 0 aliphatic carbocycles. The molecule has 4 rings (SSSR count). The second kappa shape index (κ2) is 13.8. The van der Waals surface area contributed by atoms with Crippen molar-refractivity contribution in [3.63, 3.8) is 0 Å². The molecular formula is C30H31FN6O3. The number of nitrogens with one attached hydrogen (secondary N) is 3. The minimum absolute atomic E-state index is 0.0422. The molecule has 1 aliphatic rings. The van der Waals surface area contributed by atoms with Gasteiger partial charge in [-0.15, -0.1) is 5.10 Å². The molecule has 0 spiro atoms. The molecular weight excluding hydrogens is 511 g/mol. The normalized spacial score (nSPS) is 13.3. The summed E-state index contributed by atoms with van der Waals surface area (Å²) in [5.41, 5.74) is 9.15. The van der Waals surface area contributed by atoms with Gasteiger partial charge in [0.1, 0.15) is 5.82 Å². The zero-order valence-corrected chi connectivity index (χ0v) is 22.0. The number of amides is 3. The number of para-hydroxylation sites is 2. The maximum absolute atomic E-state index is 13.5. The molecule has 3 amide bonds. The van der Waals surface area contributed by atoms with Gasteiger partial charge in [-0.2, -0.15) is 5.10 Å². The molecule has 1 heterocycles. The quantitative estimate of drug-likeness (QED) is 0.112. The third-order valence-electron chi connectivity index (χ3n) is 6.34. The molecule has 0 fully saturated rings. The third kappa shape index (κ3) is 7.83. The lowest BCUT2D eigenvalue weighted by Crippen LogP contribution is -2.24. The van der Waals surface area contributed by atoms with Crippen LogP contribution in [0.1, 0.15) is 60.0 Å². The van der Waals surface area contributed by atoms with Gasteiger partial charge >= 0.3 is 0 Å². The smallest absolute Gasteiger partial charge is 0.276 e. The number of anilines is 3. The van der Waals surface area contributed by atoms with Gasteiger partial charge in [-0.3, -0.25) is 14.4 Å². The van der Waals surface area contributed by atoms with Crippen LogP contribution in [-0.2, 0) is 9.59 Å². The van der Waals surface area contributed by atoms with E-state index in [1.165, 1.54) is 24.4 Å². The van der Waals surface area contributed by atoms with Crippen molar-refractivity contribution in [3.8, 4) is 0 Å². The number of benzene rings is 3. The summed E-state index contributed by atoms with van der Waals surface area (Å²) >= 11 is 0. The fraction of sp³-hybridized carbons (Fsp3) is 0.233. The number of fused-ring (bicyclic) bond motifs is 1. The minimum Gasteiger partial charge on any atom is -0.397 e. The van der Waals surface area contributed by atoms with E-state index in [1.807, 2.05) is 12.1 Å². The molecule has 10 heteroatoms. The number of carbonyl (C=O) groups excluding carboxylic acids is 3. The van der Waals surface area contributed by atoms with E-state index in [1.54, 1.807) is 36.4 Å². The lowest BCUT2D eigenvalue weighted by atomic mass is 10.1.